The zero-order chi connectivity index (χ0) is 12.6. The predicted molar refractivity (Wildman–Crippen MR) is 69.8 cm³/mol. The van der Waals surface area contributed by atoms with Crippen LogP contribution in [0.1, 0.15) is 11.3 Å². The highest BCUT2D eigenvalue weighted by molar-refractivity contribution is 6.35. The number of nitrogens with one attached hydrogen (secondary N) is 1. The molecule has 0 spiro atoms. The number of halogens is 2. The van der Waals surface area contributed by atoms with E-state index in [1.54, 1.807) is 32.0 Å². The minimum atomic E-state index is -0.149. The van der Waals surface area contributed by atoms with Gasteiger partial charge in [0, 0.05) is 26.9 Å². The molecule has 0 aliphatic rings. The van der Waals surface area contributed by atoms with Crippen LogP contribution in [0.3, 0.4) is 0 Å². The van der Waals surface area contributed by atoms with Crippen LogP contribution in [0.4, 0.5) is 0 Å². The Morgan fingerprint density at radius 2 is 1.71 bits per heavy atom. The predicted octanol–water partition coefficient (Wildman–Crippen LogP) is 3.36. The van der Waals surface area contributed by atoms with Gasteiger partial charge in [0.1, 0.15) is 5.82 Å². The summed E-state index contributed by atoms with van der Waals surface area (Å²) >= 11 is 11.8. The van der Waals surface area contributed by atoms with Crippen LogP contribution in [0.15, 0.2) is 23.0 Å². The smallest absolute Gasteiger partial charge is 0.254 e. The van der Waals surface area contributed by atoms with Gasteiger partial charge in [-0.3, -0.25) is 4.79 Å². The fraction of sp³-hybridized carbons (Fsp3) is 0.167. The Hall–Kier alpha value is -1.32. The molecule has 5 heteroatoms. The van der Waals surface area contributed by atoms with Gasteiger partial charge in [0.15, 0.2) is 0 Å². The van der Waals surface area contributed by atoms with Gasteiger partial charge in [-0.2, -0.15) is 0 Å². The first-order chi connectivity index (χ1) is 7.97. The van der Waals surface area contributed by atoms with Gasteiger partial charge in [0.25, 0.3) is 5.56 Å². The molecular formula is C12H10Cl2N2O. The number of aromatic nitrogens is 2. The third kappa shape index (κ3) is 2.51. The van der Waals surface area contributed by atoms with Crippen molar-refractivity contribution in [1.29, 1.82) is 0 Å². The van der Waals surface area contributed by atoms with E-state index in [1.807, 2.05) is 0 Å². The van der Waals surface area contributed by atoms with Crippen molar-refractivity contribution >= 4 is 23.2 Å². The Morgan fingerprint density at radius 1 is 1.12 bits per heavy atom. The molecule has 1 aromatic heterocycles. The van der Waals surface area contributed by atoms with Crippen LogP contribution in [0, 0.1) is 13.8 Å². The maximum Gasteiger partial charge on any atom is 0.254 e. The molecular weight excluding hydrogens is 259 g/mol. The molecule has 2 rings (SSSR count). The molecule has 88 valence electrons. The summed E-state index contributed by atoms with van der Waals surface area (Å²) in [6.07, 6.45) is 0. The maximum atomic E-state index is 11.6. The molecule has 1 aromatic carbocycles. The highest BCUT2D eigenvalue weighted by Crippen LogP contribution is 2.24. The van der Waals surface area contributed by atoms with Gasteiger partial charge in [-0.15, -0.1) is 0 Å². The van der Waals surface area contributed by atoms with Crippen molar-refractivity contribution in [1.82, 2.24) is 9.97 Å². The molecule has 0 saturated heterocycles. The third-order valence-corrected chi connectivity index (χ3v) is 2.97. The molecule has 17 heavy (non-hydrogen) atoms. The maximum absolute atomic E-state index is 11.6. The molecule has 0 bridgehead atoms. The fourth-order valence-corrected chi connectivity index (χ4v) is 2.00. The van der Waals surface area contributed by atoms with Crippen LogP contribution in [0.5, 0.6) is 0 Å². The lowest BCUT2D eigenvalue weighted by Crippen LogP contribution is -2.14. The molecule has 1 heterocycles. The van der Waals surface area contributed by atoms with Crippen LogP contribution >= 0.6 is 23.2 Å². The van der Waals surface area contributed by atoms with Crippen LogP contribution in [-0.2, 0) is 0 Å². The second kappa shape index (κ2) is 4.51. The topological polar surface area (TPSA) is 45.8 Å². The molecule has 0 amide bonds. The SMILES string of the molecule is Cc1nc(-c2cc(Cl)cc(Cl)c2)[nH]c(=O)c1C. The molecule has 0 fully saturated rings. The Balaban J connectivity index is 2.65. The number of benzene rings is 1. The summed E-state index contributed by atoms with van der Waals surface area (Å²) in [6.45, 7) is 3.52. The van der Waals surface area contributed by atoms with Crippen molar-refractivity contribution in [2.75, 3.05) is 0 Å². The highest BCUT2D eigenvalue weighted by atomic mass is 35.5. The monoisotopic (exact) mass is 268 g/mol. The van der Waals surface area contributed by atoms with Gasteiger partial charge in [-0.25, -0.2) is 4.98 Å². The van der Waals surface area contributed by atoms with Crippen LogP contribution in [-0.4, -0.2) is 9.97 Å². The van der Waals surface area contributed by atoms with E-state index >= 15 is 0 Å². The Bertz CT molecular complexity index is 615. The molecule has 0 saturated carbocycles. The van der Waals surface area contributed by atoms with Gasteiger partial charge in [-0.1, -0.05) is 23.2 Å². The molecule has 3 nitrogen and oxygen atoms in total. The molecule has 0 aliphatic heterocycles. The summed E-state index contributed by atoms with van der Waals surface area (Å²) < 4.78 is 0. The van der Waals surface area contributed by atoms with E-state index in [9.17, 15) is 4.79 Å². The van der Waals surface area contributed by atoms with E-state index in [2.05, 4.69) is 9.97 Å². The standard InChI is InChI=1S/C12H10Cl2N2O/c1-6-7(2)15-11(16-12(6)17)8-3-9(13)5-10(14)4-8/h3-5H,1-2H3,(H,15,16,17). The molecule has 0 unspecified atom stereocenters. The van der Waals surface area contributed by atoms with E-state index in [0.717, 1.165) is 0 Å². The summed E-state index contributed by atoms with van der Waals surface area (Å²) in [5.41, 5.74) is 1.85. The van der Waals surface area contributed by atoms with Gasteiger partial charge >= 0.3 is 0 Å². The van der Waals surface area contributed by atoms with E-state index in [4.69, 9.17) is 23.2 Å². The summed E-state index contributed by atoms with van der Waals surface area (Å²) in [5, 5.41) is 1.02. The molecule has 1 N–H and O–H groups in total. The normalized spacial score (nSPS) is 10.6. The average Bonchev–Trinajstić information content (AvgIpc) is 2.23. The lowest BCUT2D eigenvalue weighted by Gasteiger charge is -2.05. The highest BCUT2D eigenvalue weighted by Gasteiger charge is 2.07. The van der Waals surface area contributed by atoms with Crippen molar-refractivity contribution in [3.05, 3.63) is 49.9 Å². The number of rotatable bonds is 1. The number of hydrogen-bond donors (Lipinski definition) is 1. The quantitative estimate of drug-likeness (QED) is 0.862. The molecule has 2 aromatic rings. The van der Waals surface area contributed by atoms with E-state index in [1.165, 1.54) is 0 Å². The van der Waals surface area contributed by atoms with Crippen molar-refractivity contribution < 1.29 is 0 Å². The fourth-order valence-electron chi connectivity index (χ4n) is 1.47. The second-order valence-electron chi connectivity index (χ2n) is 3.78. The lowest BCUT2D eigenvalue weighted by molar-refractivity contribution is 1.03. The molecule has 0 aliphatic carbocycles. The third-order valence-electron chi connectivity index (χ3n) is 2.53. The lowest BCUT2D eigenvalue weighted by atomic mass is 10.2. The van der Waals surface area contributed by atoms with Crippen molar-refractivity contribution in [2.45, 2.75) is 13.8 Å². The summed E-state index contributed by atoms with van der Waals surface area (Å²) in [5.74, 6) is 0.475. The van der Waals surface area contributed by atoms with Crippen molar-refractivity contribution in [2.24, 2.45) is 0 Å². The Kier molecular flexibility index (Phi) is 3.22. The first-order valence-corrected chi connectivity index (χ1v) is 5.77. The van der Waals surface area contributed by atoms with E-state index in [-0.39, 0.29) is 5.56 Å². The number of H-pyrrole nitrogens is 1. The molecule has 0 radical (unpaired) electrons. The van der Waals surface area contributed by atoms with Gasteiger partial charge in [0.05, 0.1) is 0 Å². The van der Waals surface area contributed by atoms with Crippen molar-refractivity contribution in [3.8, 4) is 11.4 Å². The minimum Gasteiger partial charge on any atom is -0.306 e. The largest absolute Gasteiger partial charge is 0.306 e. The van der Waals surface area contributed by atoms with Gasteiger partial charge in [-0.05, 0) is 32.0 Å². The zero-order valence-corrected chi connectivity index (χ0v) is 10.9. The van der Waals surface area contributed by atoms with Gasteiger partial charge in [0.2, 0.25) is 0 Å². The minimum absolute atomic E-state index is 0.149. The van der Waals surface area contributed by atoms with Gasteiger partial charge < -0.3 is 4.98 Å². The average molecular weight is 269 g/mol. The first-order valence-electron chi connectivity index (χ1n) is 5.01. The Morgan fingerprint density at radius 3 is 2.24 bits per heavy atom. The van der Waals surface area contributed by atoms with E-state index in [0.29, 0.717) is 32.7 Å². The number of nitrogens with zero attached hydrogens (tertiary/aromatic N) is 1. The van der Waals surface area contributed by atoms with E-state index < -0.39 is 0 Å². The number of aryl methyl sites for hydroxylation is 1. The molecule has 0 atom stereocenters. The summed E-state index contributed by atoms with van der Waals surface area (Å²) in [7, 11) is 0. The first kappa shape index (κ1) is 12.1. The van der Waals surface area contributed by atoms with Crippen LogP contribution in [0.25, 0.3) is 11.4 Å². The summed E-state index contributed by atoms with van der Waals surface area (Å²) in [6, 6.07) is 5.05. The van der Waals surface area contributed by atoms with Crippen LogP contribution in [0.2, 0.25) is 10.0 Å². The second-order valence-corrected chi connectivity index (χ2v) is 4.66. The zero-order valence-electron chi connectivity index (χ0n) is 9.34. The summed E-state index contributed by atoms with van der Waals surface area (Å²) in [4.78, 5) is 18.7. The Labute approximate surface area is 108 Å². The number of hydrogen-bond acceptors (Lipinski definition) is 2. The van der Waals surface area contributed by atoms with Crippen molar-refractivity contribution in [3.63, 3.8) is 0 Å². The number of aromatic amines is 1. The van der Waals surface area contributed by atoms with Crippen LogP contribution < -0.4 is 5.56 Å².